The second-order valence-corrected chi connectivity index (χ2v) is 22.3. The molecule has 7 heteroatoms. The van der Waals surface area contributed by atoms with Crippen LogP contribution in [0, 0.1) is 17.9 Å². The van der Waals surface area contributed by atoms with E-state index in [1.54, 1.807) is 22.7 Å². The first-order chi connectivity index (χ1) is 37.2. The van der Waals surface area contributed by atoms with Crippen molar-refractivity contribution < 1.29 is 0 Å². The average Bonchev–Trinajstić information content (AvgIpc) is 4.32. The van der Waals surface area contributed by atoms with Gasteiger partial charge in [0.1, 0.15) is 6.07 Å². The molecule has 75 heavy (non-hydrogen) atoms. The van der Waals surface area contributed by atoms with Crippen LogP contribution in [0.2, 0.25) is 0 Å². The Morgan fingerprint density at radius 3 is 1.48 bits per heavy atom. The van der Waals surface area contributed by atoms with Crippen LogP contribution < -0.4 is 0 Å². The van der Waals surface area contributed by atoms with Gasteiger partial charge in [-0.1, -0.05) is 194 Å². The van der Waals surface area contributed by atoms with Gasteiger partial charge in [-0.2, -0.15) is 5.26 Å². The monoisotopic (exact) mass is 1000 g/mol. The minimum atomic E-state index is 0.419. The van der Waals surface area contributed by atoms with E-state index in [-0.39, 0.29) is 0 Å². The molecule has 0 aliphatic rings. The molecule has 0 bridgehead atoms. The molecule has 0 N–H and O–H groups in total. The molecule has 5 heterocycles. The third-order valence-corrected chi connectivity index (χ3v) is 19.0. The van der Waals surface area contributed by atoms with E-state index < -0.39 is 0 Å². The molecule has 16 aromatic rings. The number of rotatable bonds is 5. The Kier molecular flexibility index (Phi) is 9.05. The van der Waals surface area contributed by atoms with Crippen molar-refractivity contribution >= 4 is 144 Å². The van der Waals surface area contributed by atoms with Gasteiger partial charge in [0, 0.05) is 83.8 Å². The number of aromatic nitrogens is 2. The van der Waals surface area contributed by atoms with Crippen molar-refractivity contribution in [3.63, 3.8) is 0 Å². The minimum absolute atomic E-state index is 0.419. The fraction of sp³-hybridized carbons (Fsp3) is 0. The minimum Gasteiger partial charge on any atom is -0.315 e. The van der Waals surface area contributed by atoms with Crippen LogP contribution in [-0.4, -0.2) is 9.13 Å². The summed E-state index contributed by atoms with van der Waals surface area (Å²) in [5, 5.41) is 23.8. The second kappa shape index (κ2) is 16.1. The van der Waals surface area contributed by atoms with Crippen LogP contribution in [0.1, 0.15) is 5.56 Å². The van der Waals surface area contributed by atoms with E-state index >= 15 is 0 Å². The molecule has 0 spiro atoms. The summed E-state index contributed by atoms with van der Waals surface area (Å²) >= 11 is 5.38. The van der Waals surface area contributed by atoms with E-state index in [1.165, 1.54) is 46.1 Å². The Bertz CT molecular complexity index is 4990. The van der Waals surface area contributed by atoms with Crippen LogP contribution in [0.15, 0.2) is 218 Å². The second-order valence-electron chi connectivity index (χ2n) is 19.2. The van der Waals surface area contributed by atoms with Gasteiger partial charge in [-0.25, -0.2) is 4.85 Å². The lowest BCUT2D eigenvalue weighted by molar-refractivity contribution is 1.15. The number of para-hydroxylation sites is 1. The average molecular weight is 1010 g/mol. The smallest absolute Gasteiger partial charge is 0.221 e. The van der Waals surface area contributed by atoms with Gasteiger partial charge in [0.15, 0.2) is 0 Å². The van der Waals surface area contributed by atoms with Crippen LogP contribution in [0.25, 0.3) is 154 Å². The van der Waals surface area contributed by atoms with Crippen LogP contribution in [-0.2, 0) is 0 Å². The van der Waals surface area contributed by atoms with Crippen molar-refractivity contribution in [3.05, 3.63) is 235 Å². The SMILES string of the molecule is [C-]#[N+]c1c(-c2ccccc2)c(-n2c3ccccc3c3ccc4sc5c(-c6ccccc6)cccc5c4c32)c(-c2ccccc2)c(C#N)c1-n1c2c(ccc3c4ccccc4sc32)c2ccc3c4ccccc4sc3c21. The summed E-state index contributed by atoms with van der Waals surface area (Å²) in [6, 6.07) is 80.6. The molecule has 0 saturated carbocycles. The van der Waals surface area contributed by atoms with Crippen LogP contribution >= 0.6 is 34.0 Å². The molecule has 0 saturated heterocycles. The van der Waals surface area contributed by atoms with Gasteiger partial charge in [0.05, 0.1) is 55.0 Å². The fourth-order valence-electron chi connectivity index (χ4n) is 12.3. The third kappa shape index (κ3) is 5.83. The number of benzene rings is 11. The maximum absolute atomic E-state index is 12.4. The maximum Gasteiger partial charge on any atom is 0.221 e. The number of thiophene rings is 3. The van der Waals surface area contributed by atoms with E-state index in [9.17, 15) is 11.8 Å². The maximum atomic E-state index is 12.4. The van der Waals surface area contributed by atoms with Crippen LogP contribution in [0.5, 0.6) is 0 Å². The Labute approximate surface area is 441 Å². The summed E-state index contributed by atoms with van der Waals surface area (Å²) in [6.07, 6.45) is 0. The Morgan fingerprint density at radius 2 is 0.867 bits per heavy atom. The summed E-state index contributed by atoms with van der Waals surface area (Å²) < 4.78 is 11.8. The van der Waals surface area contributed by atoms with Gasteiger partial charge in [-0.15, -0.1) is 34.0 Å². The van der Waals surface area contributed by atoms with E-state index in [0.29, 0.717) is 16.9 Å². The molecule has 0 aliphatic carbocycles. The summed E-state index contributed by atoms with van der Waals surface area (Å²) in [5.41, 5.74) is 12.0. The molecule has 0 fully saturated rings. The largest absolute Gasteiger partial charge is 0.315 e. The molecule has 4 nitrogen and oxygen atoms in total. The molecule has 0 atom stereocenters. The molecule has 0 unspecified atom stereocenters. The lowest BCUT2D eigenvalue weighted by Gasteiger charge is -2.26. The van der Waals surface area contributed by atoms with Crippen molar-refractivity contribution in [2.45, 2.75) is 0 Å². The molecular formula is C68H36N4S3. The number of hydrogen-bond acceptors (Lipinski definition) is 4. The van der Waals surface area contributed by atoms with Crippen molar-refractivity contribution in [1.29, 1.82) is 5.26 Å². The zero-order valence-corrected chi connectivity index (χ0v) is 42.2. The fourth-order valence-corrected chi connectivity index (χ4v) is 16.0. The molecule has 0 radical (unpaired) electrons. The predicted molar refractivity (Wildman–Crippen MR) is 321 cm³/mol. The first-order valence-electron chi connectivity index (χ1n) is 24.9. The number of nitrogens with zero attached hydrogens (tertiary/aromatic N) is 4. The van der Waals surface area contributed by atoms with Crippen molar-refractivity contribution in [3.8, 4) is 50.8 Å². The van der Waals surface area contributed by atoms with E-state index in [1.807, 2.05) is 23.5 Å². The van der Waals surface area contributed by atoms with Crippen LogP contribution in [0.4, 0.5) is 5.69 Å². The highest BCUT2D eigenvalue weighted by molar-refractivity contribution is 7.27. The molecule has 11 aromatic carbocycles. The number of fused-ring (bicyclic) bond motifs is 18. The topological polar surface area (TPSA) is 38.0 Å². The van der Waals surface area contributed by atoms with Gasteiger partial charge in [0.25, 0.3) is 0 Å². The Hall–Kier alpha value is -9.34. The summed E-state index contributed by atoms with van der Waals surface area (Å²) in [4.78, 5) is 4.76. The first kappa shape index (κ1) is 42.2. The normalized spacial score (nSPS) is 12.0. The van der Waals surface area contributed by atoms with E-state index in [2.05, 4.69) is 221 Å². The third-order valence-electron chi connectivity index (χ3n) is 15.4. The standard InChI is InChI=1S/C68H36N4S3/c1-70-60-58(41-22-9-4-10-23-41)65(71-53-29-14-11-24-43(53)46-36-37-56-59(61(46)71)51-28-17-27-42(66(51)75-56)39-18-5-2-6-19-39)57(40-20-7-3-8-21-40)52(38-69)62(60)72-63-47(32-34-49-44-25-12-15-30-54(44)73-67(49)63)48-33-35-50-45-26-13-16-31-55(45)74-68(50)64(48)72/h2-37H. The highest BCUT2D eigenvalue weighted by Crippen LogP contribution is 2.56. The lowest BCUT2D eigenvalue weighted by atomic mass is 9.88. The summed E-state index contributed by atoms with van der Waals surface area (Å²) in [6.45, 7) is 9.71. The summed E-state index contributed by atoms with van der Waals surface area (Å²) in [7, 11) is 0. The Balaban J connectivity index is 1.17. The van der Waals surface area contributed by atoms with Crippen molar-refractivity contribution in [2.75, 3.05) is 0 Å². The molecule has 16 rings (SSSR count). The molecule has 5 aromatic heterocycles. The first-order valence-corrected chi connectivity index (χ1v) is 27.4. The zero-order valence-electron chi connectivity index (χ0n) is 39.8. The van der Waals surface area contributed by atoms with Gasteiger partial charge in [-0.3, -0.25) is 0 Å². The van der Waals surface area contributed by atoms with E-state index in [4.69, 9.17) is 4.85 Å². The van der Waals surface area contributed by atoms with Gasteiger partial charge < -0.3 is 9.13 Å². The highest BCUT2D eigenvalue weighted by Gasteiger charge is 2.33. The van der Waals surface area contributed by atoms with E-state index in [0.717, 1.165) is 97.1 Å². The quantitative estimate of drug-likeness (QED) is 0.158. The van der Waals surface area contributed by atoms with Crippen molar-refractivity contribution in [2.24, 2.45) is 0 Å². The predicted octanol–water partition coefficient (Wildman–Crippen LogP) is 20.4. The molecule has 346 valence electrons. The molecule has 0 aliphatic heterocycles. The van der Waals surface area contributed by atoms with Crippen LogP contribution in [0.3, 0.4) is 0 Å². The van der Waals surface area contributed by atoms with Gasteiger partial charge in [-0.05, 0) is 46.5 Å². The highest BCUT2D eigenvalue weighted by atomic mass is 32.1. The lowest BCUT2D eigenvalue weighted by Crippen LogP contribution is -2.08. The zero-order chi connectivity index (χ0) is 49.5. The number of nitriles is 1. The molecule has 0 amide bonds. The Morgan fingerprint density at radius 1 is 0.373 bits per heavy atom. The van der Waals surface area contributed by atoms with Gasteiger partial charge in [0.2, 0.25) is 5.69 Å². The van der Waals surface area contributed by atoms with Gasteiger partial charge >= 0.3 is 0 Å². The number of hydrogen-bond donors (Lipinski definition) is 0. The van der Waals surface area contributed by atoms with Crippen molar-refractivity contribution in [1.82, 2.24) is 9.13 Å². The summed E-state index contributed by atoms with van der Waals surface area (Å²) in [5.74, 6) is 0. The molecular weight excluding hydrogens is 969 g/mol.